The fraction of sp³-hybridized carbons (Fsp3) is 0.375. The molecule has 0 aliphatic rings. The zero-order valence-electron chi connectivity index (χ0n) is 11.5. The van der Waals surface area contributed by atoms with Crippen LogP contribution in [0.4, 0.5) is 0 Å². The highest BCUT2D eigenvalue weighted by Gasteiger charge is 2.34. The number of fused-ring (bicyclic) bond motifs is 1. The summed E-state index contributed by atoms with van der Waals surface area (Å²) in [5.74, 6) is 0.115. The summed E-state index contributed by atoms with van der Waals surface area (Å²) in [6.07, 6.45) is 3.23. The summed E-state index contributed by atoms with van der Waals surface area (Å²) < 4.78 is 0. The van der Waals surface area contributed by atoms with E-state index in [4.69, 9.17) is 5.73 Å². The molecule has 3 nitrogen and oxygen atoms in total. The lowest BCUT2D eigenvalue weighted by molar-refractivity contribution is 0.0789. The Labute approximate surface area is 113 Å². The number of Topliss-reactive ketones (excluding diaryl/α,β-unsaturated/α-hetero) is 1. The number of pyridine rings is 1. The maximum atomic E-state index is 12.9. The van der Waals surface area contributed by atoms with Gasteiger partial charge in [0.1, 0.15) is 0 Å². The Kier molecular flexibility index (Phi) is 3.96. The molecule has 1 heterocycles. The van der Waals surface area contributed by atoms with E-state index in [0.29, 0.717) is 12.1 Å². The van der Waals surface area contributed by atoms with E-state index in [-0.39, 0.29) is 5.78 Å². The zero-order valence-corrected chi connectivity index (χ0v) is 11.5. The molecule has 0 amide bonds. The zero-order chi connectivity index (χ0) is 13.9. The summed E-state index contributed by atoms with van der Waals surface area (Å²) in [6.45, 7) is 4.42. The number of nitrogens with two attached hydrogens (primary N) is 1. The van der Waals surface area contributed by atoms with Gasteiger partial charge in [-0.15, -0.1) is 0 Å². The van der Waals surface area contributed by atoms with Crippen LogP contribution in [0.25, 0.3) is 10.9 Å². The number of rotatable bonds is 5. The molecular formula is C16H20N2O. The first-order chi connectivity index (χ1) is 9.18. The lowest BCUT2D eigenvalue weighted by Crippen LogP contribution is -2.37. The van der Waals surface area contributed by atoms with E-state index in [1.54, 1.807) is 6.20 Å². The Morgan fingerprint density at radius 1 is 1.21 bits per heavy atom. The van der Waals surface area contributed by atoms with E-state index in [2.05, 4.69) is 4.98 Å². The molecular weight excluding hydrogens is 236 g/mol. The minimum absolute atomic E-state index is 0.115. The van der Waals surface area contributed by atoms with Gasteiger partial charge < -0.3 is 5.73 Å². The van der Waals surface area contributed by atoms with Crippen molar-refractivity contribution in [3.8, 4) is 0 Å². The molecule has 0 spiro atoms. The first-order valence-electron chi connectivity index (χ1n) is 6.77. The topological polar surface area (TPSA) is 56.0 Å². The van der Waals surface area contributed by atoms with Crippen molar-refractivity contribution in [2.45, 2.75) is 26.7 Å². The van der Waals surface area contributed by atoms with E-state index in [1.807, 2.05) is 44.2 Å². The maximum absolute atomic E-state index is 12.9. The SMILES string of the molecule is CCC(CC)(CN)C(=O)c1cccc2cccnc12. The van der Waals surface area contributed by atoms with Crippen molar-refractivity contribution >= 4 is 16.7 Å². The second-order valence-corrected chi connectivity index (χ2v) is 4.90. The second kappa shape index (κ2) is 5.49. The van der Waals surface area contributed by atoms with E-state index < -0.39 is 5.41 Å². The van der Waals surface area contributed by atoms with Crippen LogP contribution < -0.4 is 5.73 Å². The highest BCUT2D eigenvalue weighted by atomic mass is 16.1. The van der Waals surface area contributed by atoms with Crippen molar-refractivity contribution in [1.29, 1.82) is 0 Å². The molecule has 1 aromatic carbocycles. The second-order valence-electron chi connectivity index (χ2n) is 4.90. The highest BCUT2D eigenvalue weighted by molar-refractivity contribution is 6.09. The van der Waals surface area contributed by atoms with Crippen molar-refractivity contribution in [3.63, 3.8) is 0 Å². The number of hydrogen-bond acceptors (Lipinski definition) is 3. The molecule has 0 aliphatic carbocycles. The van der Waals surface area contributed by atoms with Gasteiger partial charge in [-0.25, -0.2) is 0 Å². The molecule has 0 fully saturated rings. The van der Waals surface area contributed by atoms with Crippen molar-refractivity contribution in [2.24, 2.45) is 11.1 Å². The summed E-state index contributed by atoms with van der Waals surface area (Å²) in [4.78, 5) is 17.2. The quantitative estimate of drug-likeness (QED) is 0.836. The third kappa shape index (κ3) is 2.26. The van der Waals surface area contributed by atoms with Gasteiger partial charge >= 0.3 is 0 Å². The van der Waals surface area contributed by atoms with Gasteiger partial charge in [0.25, 0.3) is 0 Å². The van der Waals surface area contributed by atoms with Gasteiger partial charge in [-0.1, -0.05) is 32.0 Å². The number of aromatic nitrogens is 1. The predicted molar refractivity (Wildman–Crippen MR) is 78.1 cm³/mol. The molecule has 0 radical (unpaired) electrons. The summed E-state index contributed by atoms with van der Waals surface area (Å²) >= 11 is 0. The molecule has 1 aromatic heterocycles. The van der Waals surface area contributed by atoms with E-state index in [9.17, 15) is 4.79 Å². The van der Waals surface area contributed by atoms with Crippen molar-refractivity contribution < 1.29 is 4.79 Å². The predicted octanol–water partition coefficient (Wildman–Crippen LogP) is 3.18. The van der Waals surface area contributed by atoms with Gasteiger partial charge in [-0.2, -0.15) is 0 Å². The average Bonchev–Trinajstić information content (AvgIpc) is 2.49. The summed E-state index contributed by atoms with van der Waals surface area (Å²) in [5, 5.41) is 0.992. The number of nitrogens with zero attached hydrogens (tertiary/aromatic N) is 1. The monoisotopic (exact) mass is 256 g/mol. The Balaban J connectivity index is 2.58. The van der Waals surface area contributed by atoms with Crippen LogP contribution in [-0.4, -0.2) is 17.3 Å². The van der Waals surface area contributed by atoms with Gasteiger partial charge in [0, 0.05) is 29.1 Å². The van der Waals surface area contributed by atoms with Crippen LogP contribution >= 0.6 is 0 Å². The van der Waals surface area contributed by atoms with Crippen LogP contribution in [0.2, 0.25) is 0 Å². The van der Waals surface area contributed by atoms with Gasteiger partial charge in [0.15, 0.2) is 5.78 Å². The molecule has 0 atom stereocenters. The number of ketones is 1. The van der Waals surface area contributed by atoms with E-state index in [1.165, 1.54) is 0 Å². The third-order valence-electron chi connectivity index (χ3n) is 4.10. The first kappa shape index (κ1) is 13.7. The highest BCUT2D eigenvalue weighted by Crippen LogP contribution is 2.31. The van der Waals surface area contributed by atoms with E-state index >= 15 is 0 Å². The van der Waals surface area contributed by atoms with Crippen molar-refractivity contribution in [1.82, 2.24) is 4.98 Å². The molecule has 100 valence electrons. The van der Waals surface area contributed by atoms with E-state index in [0.717, 1.165) is 23.7 Å². The molecule has 2 N–H and O–H groups in total. The third-order valence-corrected chi connectivity index (χ3v) is 4.10. The number of para-hydroxylation sites is 1. The van der Waals surface area contributed by atoms with Crippen LogP contribution in [0.1, 0.15) is 37.0 Å². The Hall–Kier alpha value is -1.74. The van der Waals surface area contributed by atoms with Crippen LogP contribution in [0.5, 0.6) is 0 Å². The average molecular weight is 256 g/mol. The molecule has 19 heavy (non-hydrogen) atoms. The fourth-order valence-electron chi connectivity index (χ4n) is 2.53. The lowest BCUT2D eigenvalue weighted by atomic mass is 9.75. The normalized spacial score (nSPS) is 11.7. The Morgan fingerprint density at radius 2 is 1.89 bits per heavy atom. The molecule has 0 aliphatic heterocycles. The van der Waals surface area contributed by atoms with Gasteiger partial charge in [-0.05, 0) is 25.0 Å². The lowest BCUT2D eigenvalue weighted by Gasteiger charge is -2.28. The number of carbonyl (C=O) groups is 1. The van der Waals surface area contributed by atoms with Gasteiger partial charge in [-0.3, -0.25) is 9.78 Å². The largest absolute Gasteiger partial charge is 0.329 e. The number of carbonyl (C=O) groups excluding carboxylic acids is 1. The minimum Gasteiger partial charge on any atom is -0.329 e. The fourth-order valence-corrected chi connectivity index (χ4v) is 2.53. The molecule has 0 saturated carbocycles. The standard InChI is InChI=1S/C16H20N2O/c1-3-16(4-2,11-17)15(19)13-9-5-7-12-8-6-10-18-14(12)13/h5-10H,3-4,11,17H2,1-2H3. The molecule has 2 rings (SSSR count). The molecule has 3 heteroatoms. The van der Waals surface area contributed by atoms with Crippen molar-refractivity contribution in [3.05, 3.63) is 42.1 Å². The summed E-state index contributed by atoms with van der Waals surface area (Å²) in [7, 11) is 0. The molecule has 2 aromatic rings. The van der Waals surface area contributed by atoms with Crippen LogP contribution in [0.15, 0.2) is 36.5 Å². The van der Waals surface area contributed by atoms with Gasteiger partial charge in [0.2, 0.25) is 0 Å². The summed E-state index contributed by atoms with van der Waals surface area (Å²) in [6, 6.07) is 9.59. The minimum atomic E-state index is -0.466. The first-order valence-corrected chi connectivity index (χ1v) is 6.77. The number of hydrogen-bond donors (Lipinski definition) is 1. The maximum Gasteiger partial charge on any atom is 0.172 e. The van der Waals surface area contributed by atoms with Crippen LogP contribution in [0, 0.1) is 5.41 Å². The Bertz CT molecular complexity index is 575. The van der Waals surface area contributed by atoms with Gasteiger partial charge in [0.05, 0.1) is 5.52 Å². The summed E-state index contributed by atoms with van der Waals surface area (Å²) in [5.41, 5.74) is 6.86. The molecule has 0 saturated heterocycles. The van der Waals surface area contributed by atoms with Crippen LogP contribution in [-0.2, 0) is 0 Å². The Morgan fingerprint density at radius 3 is 2.53 bits per heavy atom. The smallest absolute Gasteiger partial charge is 0.172 e. The van der Waals surface area contributed by atoms with Crippen LogP contribution in [0.3, 0.4) is 0 Å². The molecule has 0 unspecified atom stereocenters. The molecule has 0 bridgehead atoms. The van der Waals surface area contributed by atoms with Crippen molar-refractivity contribution in [2.75, 3.05) is 6.54 Å². The number of benzene rings is 1.